The van der Waals surface area contributed by atoms with E-state index in [1.165, 1.54) is 0 Å². The summed E-state index contributed by atoms with van der Waals surface area (Å²) in [5, 5.41) is 12.4. The summed E-state index contributed by atoms with van der Waals surface area (Å²) in [5.74, 6) is -0.512. The summed E-state index contributed by atoms with van der Waals surface area (Å²) < 4.78 is 5.38. The van der Waals surface area contributed by atoms with Gasteiger partial charge in [0.2, 0.25) is 0 Å². The zero-order valence-electron chi connectivity index (χ0n) is 16.6. The highest BCUT2D eigenvalue weighted by Crippen LogP contribution is 2.32. The molecule has 30 heavy (non-hydrogen) atoms. The fourth-order valence-electron chi connectivity index (χ4n) is 3.86. The molecule has 0 spiro atoms. The minimum Gasteiger partial charge on any atom is -0.452 e. The topological polar surface area (TPSA) is 92.1 Å². The van der Waals surface area contributed by atoms with Crippen molar-refractivity contribution in [3.05, 3.63) is 70.9 Å². The van der Waals surface area contributed by atoms with Crippen molar-refractivity contribution >= 4 is 28.5 Å². The van der Waals surface area contributed by atoms with Gasteiger partial charge in [-0.25, -0.2) is 4.79 Å². The maximum atomic E-state index is 13.0. The van der Waals surface area contributed by atoms with E-state index in [-0.39, 0.29) is 0 Å². The van der Waals surface area contributed by atoms with Crippen LogP contribution >= 0.6 is 0 Å². The fraction of sp³-hybridized carbons (Fsp3) is 0.250. The van der Waals surface area contributed by atoms with E-state index in [4.69, 9.17) is 15.0 Å². The van der Waals surface area contributed by atoms with Crippen LogP contribution in [0, 0.1) is 17.2 Å². The molecule has 1 aliphatic rings. The highest BCUT2D eigenvalue weighted by molar-refractivity contribution is 6.06. The van der Waals surface area contributed by atoms with Gasteiger partial charge >= 0.3 is 5.97 Å². The molecule has 1 amide bonds. The van der Waals surface area contributed by atoms with Gasteiger partial charge in [-0.05, 0) is 55.0 Å². The molecule has 0 bridgehead atoms. The van der Waals surface area contributed by atoms with Crippen molar-refractivity contribution in [3.8, 4) is 6.07 Å². The zero-order chi connectivity index (χ0) is 21.1. The number of aromatic nitrogens is 1. The molecule has 6 nitrogen and oxygen atoms in total. The van der Waals surface area contributed by atoms with Gasteiger partial charge in [0.15, 0.2) is 6.61 Å². The molecule has 0 saturated heterocycles. The second-order valence-corrected chi connectivity index (χ2v) is 7.59. The molecule has 1 heterocycles. The number of fused-ring (bicyclic) bond motifs is 2. The summed E-state index contributed by atoms with van der Waals surface area (Å²) in [6.07, 6.45) is 2.64. The van der Waals surface area contributed by atoms with Crippen LogP contribution in [0.15, 0.2) is 48.5 Å². The third-order valence-electron chi connectivity index (χ3n) is 5.32. The van der Waals surface area contributed by atoms with Crippen LogP contribution in [-0.4, -0.2) is 23.5 Å². The van der Waals surface area contributed by atoms with Gasteiger partial charge in [-0.1, -0.05) is 31.2 Å². The van der Waals surface area contributed by atoms with E-state index < -0.39 is 18.5 Å². The van der Waals surface area contributed by atoms with E-state index >= 15 is 0 Å². The first-order chi connectivity index (χ1) is 14.5. The fourth-order valence-corrected chi connectivity index (χ4v) is 3.86. The number of benzene rings is 2. The Labute approximate surface area is 174 Å². The summed E-state index contributed by atoms with van der Waals surface area (Å²) >= 11 is 0. The Balaban J connectivity index is 1.55. The molecule has 6 heteroatoms. The summed E-state index contributed by atoms with van der Waals surface area (Å²) in [4.78, 5) is 30.0. The zero-order valence-corrected chi connectivity index (χ0v) is 16.6. The number of anilines is 1. The number of ether oxygens (including phenoxy) is 1. The number of aryl methyl sites for hydroxylation is 1. The Hall–Kier alpha value is -3.72. The van der Waals surface area contributed by atoms with Crippen LogP contribution in [0.5, 0.6) is 0 Å². The minimum atomic E-state index is -0.514. The summed E-state index contributed by atoms with van der Waals surface area (Å²) in [6.45, 7) is 1.76. The van der Waals surface area contributed by atoms with Crippen LogP contribution in [-0.2, 0) is 22.4 Å². The van der Waals surface area contributed by atoms with E-state index in [0.717, 1.165) is 41.4 Å². The Bertz CT molecular complexity index is 1180. The van der Waals surface area contributed by atoms with Crippen LogP contribution in [0.4, 0.5) is 5.69 Å². The summed E-state index contributed by atoms with van der Waals surface area (Å²) in [5.41, 5.74) is 4.07. The largest absolute Gasteiger partial charge is 0.452 e. The standard InChI is InChI=1S/C24H21N3O3/c1-15-9-10-21-19(11-15)23(18-7-2-3-8-20(18)27-21)24(29)30-14-22(28)26-17-6-4-5-16(12-17)13-25/h2-8,12,15H,9-11,14H2,1H3,(H,26,28). The molecule has 1 aromatic heterocycles. The average Bonchev–Trinajstić information content (AvgIpc) is 2.76. The quantitative estimate of drug-likeness (QED) is 0.669. The molecule has 1 N–H and O–H groups in total. The second-order valence-electron chi connectivity index (χ2n) is 7.59. The molecule has 1 aliphatic carbocycles. The van der Waals surface area contributed by atoms with Crippen LogP contribution < -0.4 is 5.32 Å². The predicted molar refractivity (Wildman–Crippen MR) is 113 cm³/mol. The van der Waals surface area contributed by atoms with E-state index in [2.05, 4.69) is 12.2 Å². The van der Waals surface area contributed by atoms with Gasteiger partial charge in [-0.2, -0.15) is 5.26 Å². The number of carbonyl (C=O) groups is 2. The van der Waals surface area contributed by atoms with E-state index in [1.54, 1.807) is 24.3 Å². The number of pyridine rings is 1. The number of nitriles is 1. The van der Waals surface area contributed by atoms with Crippen LogP contribution in [0.3, 0.4) is 0 Å². The van der Waals surface area contributed by atoms with Crippen LogP contribution in [0.2, 0.25) is 0 Å². The monoisotopic (exact) mass is 399 g/mol. The Morgan fingerprint density at radius 2 is 2.07 bits per heavy atom. The molecular formula is C24H21N3O3. The molecule has 1 unspecified atom stereocenters. The maximum Gasteiger partial charge on any atom is 0.339 e. The minimum absolute atomic E-state index is 0.406. The molecule has 0 aliphatic heterocycles. The van der Waals surface area contributed by atoms with E-state index in [0.29, 0.717) is 22.7 Å². The molecule has 150 valence electrons. The van der Waals surface area contributed by atoms with Gasteiger partial charge < -0.3 is 10.1 Å². The second kappa shape index (κ2) is 8.34. The van der Waals surface area contributed by atoms with E-state index in [1.807, 2.05) is 30.3 Å². The summed E-state index contributed by atoms with van der Waals surface area (Å²) in [6, 6.07) is 16.1. The lowest BCUT2D eigenvalue weighted by Gasteiger charge is -2.24. The van der Waals surface area contributed by atoms with Crippen molar-refractivity contribution in [2.75, 3.05) is 11.9 Å². The van der Waals surface area contributed by atoms with Gasteiger partial charge in [0.05, 0.1) is 22.7 Å². The molecule has 3 aromatic rings. The smallest absolute Gasteiger partial charge is 0.339 e. The van der Waals surface area contributed by atoms with Gasteiger partial charge in [0, 0.05) is 16.8 Å². The number of nitrogens with one attached hydrogen (secondary N) is 1. The van der Waals surface area contributed by atoms with Crippen LogP contribution in [0.1, 0.15) is 40.5 Å². The highest BCUT2D eigenvalue weighted by atomic mass is 16.5. The molecule has 0 fully saturated rings. The first-order valence-corrected chi connectivity index (χ1v) is 9.93. The number of amides is 1. The lowest BCUT2D eigenvalue weighted by atomic mass is 9.84. The molecule has 1 atom stereocenters. The first-order valence-electron chi connectivity index (χ1n) is 9.93. The van der Waals surface area contributed by atoms with Gasteiger partial charge in [-0.3, -0.25) is 9.78 Å². The van der Waals surface area contributed by atoms with Crippen molar-refractivity contribution in [2.45, 2.75) is 26.2 Å². The van der Waals surface area contributed by atoms with Crippen molar-refractivity contribution in [1.82, 2.24) is 4.98 Å². The Morgan fingerprint density at radius 1 is 1.23 bits per heavy atom. The maximum absolute atomic E-state index is 13.0. The first kappa shape index (κ1) is 19.6. The van der Waals surface area contributed by atoms with Crippen molar-refractivity contribution in [2.24, 2.45) is 5.92 Å². The van der Waals surface area contributed by atoms with Gasteiger partial charge in [0.25, 0.3) is 5.91 Å². The number of hydrogen-bond donors (Lipinski definition) is 1. The molecule has 0 saturated carbocycles. The van der Waals surface area contributed by atoms with Crippen molar-refractivity contribution in [3.63, 3.8) is 0 Å². The predicted octanol–water partition coefficient (Wildman–Crippen LogP) is 4.03. The highest BCUT2D eigenvalue weighted by Gasteiger charge is 2.26. The molecular weight excluding hydrogens is 378 g/mol. The van der Waals surface area contributed by atoms with Gasteiger partial charge in [-0.15, -0.1) is 0 Å². The normalized spacial score (nSPS) is 15.1. The number of nitrogens with zero attached hydrogens (tertiary/aromatic N) is 2. The number of esters is 1. The summed E-state index contributed by atoms with van der Waals surface area (Å²) in [7, 11) is 0. The number of rotatable bonds is 4. The number of hydrogen-bond acceptors (Lipinski definition) is 5. The SMILES string of the molecule is CC1CCc2nc3ccccc3c(C(=O)OCC(=O)Nc3cccc(C#N)c3)c2C1. The lowest BCUT2D eigenvalue weighted by Crippen LogP contribution is -2.23. The third-order valence-corrected chi connectivity index (χ3v) is 5.32. The molecule has 0 radical (unpaired) electrons. The number of para-hydroxylation sites is 1. The average molecular weight is 399 g/mol. The Morgan fingerprint density at radius 3 is 2.90 bits per heavy atom. The third kappa shape index (κ3) is 4.01. The Kier molecular flexibility index (Phi) is 5.44. The van der Waals surface area contributed by atoms with Crippen molar-refractivity contribution in [1.29, 1.82) is 5.26 Å². The molecule has 2 aromatic carbocycles. The lowest BCUT2D eigenvalue weighted by molar-refractivity contribution is -0.119. The van der Waals surface area contributed by atoms with Crippen molar-refractivity contribution < 1.29 is 14.3 Å². The van der Waals surface area contributed by atoms with E-state index in [9.17, 15) is 9.59 Å². The van der Waals surface area contributed by atoms with Gasteiger partial charge in [0.1, 0.15) is 0 Å². The van der Waals surface area contributed by atoms with Crippen LogP contribution in [0.25, 0.3) is 10.9 Å². The molecule has 4 rings (SSSR count). The number of carbonyl (C=O) groups excluding carboxylic acids is 2.